The first-order chi connectivity index (χ1) is 9.82. The first-order valence-corrected chi connectivity index (χ1v) is 7.38. The van der Waals surface area contributed by atoms with Crippen molar-refractivity contribution in [3.05, 3.63) is 45.5 Å². The van der Waals surface area contributed by atoms with Crippen LogP contribution in [0.25, 0.3) is 0 Å². The number of benzene rings is 1. The lowest BCUT2D eigenvalue weighted by molar-refractivity contribution is -0.384. The summed E-state index contributed by atoms with van der Waals surface area (Å²) in [6, 6.07) is 3.18. The monoisotopic (exact) mass is 331 g/mol. The molecule has 0 aliphatic carbocycles. The minimum absolute atomic E-state index is 0.0321. The van der Waals surface area contributed by atoms with E-state index in [9.17, 15) is 18.5 Å². The molecule has 0 aliphatic heterocycles. The second-order valence-electron chi connectivity index (χ2n) is 4.07. The van der Waals surface area contributed by atoms with Crippen molar-refractivity contribution in [2.45, 2.75) is 11.4 Å². The Morgan fingerprint density at radius 3 is 2.71 bits per heavy atom. The van der Waals surface area contributed by atoms with E-state index >= 15 is 0 Å². The molecule has 1 N–H and O–H groups in total. The summed E-state index contributed by atoms with van der Waals surface area (Å²) in [4.78, 5) is 13.6. The third-order valence-corrected chi connectivity index (χ3v) is 4.94. The lowest BCUT2D eigenvalue weighted by atomic mass is 10.3. The highest BCUT2D eigenvalue weighted by molar-refractivity contribution is 7.89. The maximum absolute atomic E-state index is 12.4. The number of aromatic amines is 1. The van der Waals surface area contributed by atoms with Gasteiger partial charge in [-0.15, -0.1) is 0 Å². The maximum atomic E-state index is 12.4. The van der Waals surface area contributed by atoms with Crippen molar-refractivity contribution in [2.24, 2.45) is 0 Å². The first-order valence-electron chi connectivity index (χ1n) is 5.57. The summed E-state index contributed by atoms with van der Waals surface area (Å²) in [6.07, 6.45) is 1.26. The van der Waals surface area contributed by atoms with Crippen LogP contribution in [-0.4, -0.2) is 39.9 Å². The molecule has 0 amide bonds. The van der Waals surface area contributed by atoms with Gasteiger partial charge in [0.1, 0.15) is 17.0 Å². The van der Waals surface area contributed by atoms with Crippen LogP contribution in [0, 0.1) is 10.1 Å². The van der Waals surface area contributed by atoms with Gasteiger partial charge < -0.3 is 0 Å². The Morgan fingerprint density at radius 2 is 2.19 bits per heavy atom. The van der Waals surface area contributed by atoms with Crippen LogP contribution >= 0.6 is 11.6 Å². The van der Waals surface area contributed by atoms with E-state index in [2.05, 4.69) is 15.2 Å². The van der Waals surface area contributed by atoms with Gasteiger partial charge in [-0.1, -0.05) is 11.6 Å². The van der Waals surface area contributed by atoms with E-state index in [1.54, 1.807) is 0 Å². The van der Waals surface area contributed by atoms with Crippen molar-refractivity contribution in [1.82, 2.24) is 19.5 Å². The minimum Gasteiger partial charge on any atom is -0.262 e. The van der Waals surface area contributed by atoms with Crippen LogP contribution in [0.4, 0.5) is 5.69 Å². The van der Waals surface area contributed by atoms with Gasteiger partial charge in [-0.05, 0) is 6.07 Å². The Kier molecular flexibility index (Phi) is 4.21. The normalized spacial score (nSPS) is 11.8. The number of rotatable bonds is 5. The maximum Gasteiger partial charge on any atom is 0.271 e. The number of halogens is 1. The fourth-order valence-corrected chi connectivity index (χ4v) is 3.22. The summed E-state index contributed by atoms with van der Waals surface area (Å²) < 4.78 is 25.8. The molecule has 1 aromatic heterocycles. The summed E-state index contributed by atoms with van der Waals surface area (Å²) >= 11 is 5.84. The summed E-state index contributed by atoms with van der Waals surface area (Å²) in [5.74, 6) is 0.360. The van der Waals surface area contributed by atoms with Gasteiger partial charge >= 0.3 is 0 Å². The van der Waals surface area contributed by atoms with E-state index in [1.807, 2.05) is 0 Å². The van der Waals surface area contributed by atoms with E-state index < -0.39 is 14.9 Å². The molecule has 9 nitrogen and oxygen atoms in total. The molecule has 0 bridgehead atoms. The molecule has 2 rings (SSSR count). The summed E-state index contributed by atoms with van der Waals surface area (Å²) in [5.41, 5.74) is -0.281. The van der Waals surface area contributed by atoms with Crippen LogP contribution in [-0.2, 0) is 16.6 Å². The van der Waals surface area contributed by atoms with E-state index in [-0.39, 0.29) is 22.2 Å². The second-order valence-corrected chi connectivity index (χ2v) is 6.49. The lowest BCUT2D eigenvalue weighted by Gasteiger charge is -2.16. The molecule has 0 radical (unpaired) electrons. The summed E-state index contributed by atoms with van der Waals surface area (Å²) in [5, 5.41) is 16.6. The zero-order chi connectivity index (χ0) is 15.6. The third kappa shape index (κ3) is 3.17. The number of H-pyrrole nitrogens is 1. The number of nitro groups is 1. The Morgan fingerprint density at radius 1 is 1.48 bits per heavy atom. The molecule has 2 aromatic rings. The number of nitrogens with one attached hydrogen (secondary N) is 1. The van der Waals surface area contributed by atoms with Crippen LogP contribution in [0.15, 0.2) is 29.4 Å². The molecular weight excluding hydrogens is 322 g/mol. The van der Waals surface area contributed by atoms with Crippen LogP contribution in [0.2, 0.25) is 5.02 Å². The third-order valence-electron chi connectivity index (χ3n) is 2.65. The number of hydrogen-bond donors (Lipinski definition) is 1. The largest absolute Gasteiger partial charge is 0.271 e. The van der Waals surface area contributed by atoms with Crippen LogP contribution in [0.3, 0.4) is 0 Å². The number of aromatic nitrogens is 3. The first kappa shape index (κ1) is 15.4. The van der Waals surface area contributed by atoms with Gasteiger partial charge in [0.05, 0.1) is 16.5 Å². The molecule has 0 unspecified atom stereocenters. The number of sulfonamides is 1. The Labute approximate surface area is 124 Å². The standard InChI is InChI=1S/C10H10ClN5O4S/c1-15(5-10-12-6-13-14-10)21(19,20)9-3-2-7(16(17)18)4-8(9)11/h2-4,6H,5H2,1H3,(H,12,13,14). The topological polar surface area (TPSA) is 122 Å². The molecule has 1 heterocycles. The molecule has 112 valence electrons. The zero-order valence-corrected chi connectivity index (χ0v) is 12.3. The molecule has 0 atom stereocenters. The molecule has 0 fully saturated rings. The summed E-state index contributed by atoms with van der Waals surface area (Å²) in [7, 11) is -2.55. The molecule has 11 heteroatoms. The van der Waals surface area contributed by atoms with Crippen molar-refractivity contribution in [3.8, 4) is 0 Å². The highest BCUT2D eigenvalue weighted by Gasteiger charge is 2.25. The Balaban J connectivity index is 2.33. The summed E-state index contributed by atoms with van der Waals surface area (Å²) in [6.45, 7) is -0.0321. The van der Waals surface area contributed by atoms with Crippen LogP contribution < -0.4 is 0 Å². The average Bonchev–Trinajstić information content (AvgIpc) is 2.90. The predicted octanol–water partition coefficient (Wildman–Crippen LogP) is 1.19. The number of hydrogen-bond acceptors (Lipinski definition) is 6. The fraction of sp³-hybridized carbons (Fsp3) is 0.200. The Bertz CT molecular complexity index is 762. The minimum atomic E-state index is -3.90. The average molecular weight is 332 g/mol. The van der Waals surface area contributed by atoms with Gasteiger partial charge in [0, 0.05) is 19.2 Å². The van der Waals surface area contributed by atoms with Crippen molar-refractivity contribution in [3.63, 3.8) is 0 Å². The number of non-ortho nitro benzene ring substituents is 1. The van der Waals surface area contributed by atoms with E-state index in [4.69, 9.17) is 11.6 Å². The zero-order valence-electron chi connectivity index (χ0n) is 10.7. The molecule has 21 heavy (non-hydrogen) atoms. The SMILES string of the molecule is CN(Cc1ncn[nH]1)S(=O)(=O)c1ccc([N+](=O)[O-])cc1Cl. The molecule has 1 aromatic carbocycles. The van der Waals surface area contributed by atoms with Gasteiger partial charge in [-0.25, -0.2) is 13.4 Å². The van der Waals surface area contributed by atoms with E-state index in [0.717, 1.165) is 22.5 Å². The van der Waals surface area contributed by atoms with Crippen LogP contribution in [0.1, 0.15) is 5.82 Å². The highest BCUT2D eigenvalue weighted by Crippen LogP contribution is 2.28. The molecule has 0 saturated carbocycles. The molecular formula is C10H10ClN5O4S. The van der Waals surface area contributed by atoms with Gasteiger partial charge in [0.2, 0.25) is 10.0 Å². The second kappa shape index (κ2) is 5.76. The number of nitro benzene ring substituents is 1. The molecule has 0 spiro atoms. The van der Waals surface area contributed by atoms with Gasteiger partial charge in [-0.2, -0.15) is 9.40 Å². The number of nitrogens with zero attached hydrogens (tertiary/aromatic N) is 4. The Hall–Kier alpha value is -2.04. The smallest absolute Gasteiger partial charge is 0.262 e. The quantitative estimate of drug-likeness (QED) is 0.648. The van der Waals surface area contributed by atoms with E-state index in [0.29, 0.717) is 5.82 Å². The van der Waals surface area contributed by atoms with Crippen molar-refractivity contribution in [2.75, 3.05) is 7.05 Å². The van der Waals surface area contributed by atoms with Crippen LogP contribution in [0.5, 0.6) is 0 Å². The highest BCUT2D eigenvalue weighted by atomic mass is 35.5. The predicted molar refractivity (Wildman–Crippen MR) is 73.1 cm³/mol. The van der Waals surface area contributed by atoms with E-state index in [1.165, 1.54) is 13.4 Å². The van der Waals surface area contributed by atoms with Gasteiger partial charge in [0.25, 0.3) is 5.69 Å². The van der Waals surface area contributed by atoms with Crippen molar-refractivity contribution >= 4 is 27.3 Å². The molecule has 0 aliphatic rings. The van der Waals surface area contributed by atoms with Crippen molar-refractivity contribution < 1.29 is 13.3 Å². The van der Waals surface area contributed by atoms with Gasteiger partial charge in [-0.3, -0.25) is 15.2 Å². The van der Waals surface area contributed by atoms with Gasteiger partial charge in [0.15, 0.2) is 0 Å². The molecule has 0 saturated heterocycles. The lowest BCUT2D eigenvalue weighted by Crippen LogP contribution is -2.27. The van der Waals surface area contributed by atoms with Crippen molar-refractivity contribution in [1.29, 1.82) is 0 Å². The fourth-order valence-electron chi connectivity index (χ4n) is 1.58.